The Morgan fingerprint density at radius 2 is 2.28 bits per heavy atom. The first-order valence-corrected chi connectivity index (χ1v) is 6.86. The van der Waals surface area contributed by atoms with Crippen LogP contribution in [-0.2, 0) is 13.0 Å². The summed E-state index contributed by atoms with van der Waals surface area (Å²) in [6.45, 7) is 0.931. The zero-order valence-electron chi connectivity index (χ0n) is 10.2. The van der Waals surface area contributed by atoms with Crippen LogP contribution in [0.1, 0.15) is 30.8 Å². The van der Waals surface area contributed by atoms with E-state index in [-0.39, 0.29) is 5.38 Å². The molecule has 3 nitrogen and oxygen atoms in total. The Kier molecular flexibility index (Phi) is 3.08. The van der Waals surface area contributed by atoms with Gasteiger partial charge in [0.15, 0.2) is 0 Å². The van der Waals surface area contributed by atoms with Gasteiger partial charge in [-0.15, -0.1) is 11.6 Å². The molecule has 3 rings (SSSR count). The fourth-order valence-electron chi connectivity index (χ4n) is 2.50. The molecular formula is C14H16ClN3. The van der Waals surface area contributed by atoms with Crippen molar-refractivity contribution < 1.29 is 0 Å². The van der Waals surface area contributed by atoms with Crippen LogP contribution in [0.15, 0.2) is 24.3 Å². The van der Waals surface area contributed by atoms with E-state index in [1.54, 1.807) is 0 Å². The molecule has 0 bridgehead atoms. The van der Waals surface area contributed by atoms with E-state index in [1.807, 2.05) is 22.8 Å². The number of aryl methyl sites for hydroxylation is 1. The number of halogens is 1. The largest absolute Gasteiger partial charge is 0.315 e. The van der Waals surface area contributed by atoms with E-state index in [0.717, 1.165) is 42.9 Å². The minimum atomic E-state index is 0.0937. The van der Waals surface area contributed by atoms with Crippen LogP contribution in [0.5, 0.6) is 0 Å². The van der Waals surface area contributed by atoms with Gasteiger partial charge in [-0.25, -0.2) is 4.98 Å². The Labute approximate surface area is 111 Å². The van der Waals surface area contributed by atoms with Crippen LogP contribution in [0, 0.1) is 5.41 Å². The number of hydrogen-bond acceptors (Lipinski definition) is 2. The maximum Gasteiger partial charge on any atom is 0.128 e. The van der Waals surface area contributed by atoms with Crippen molar-refractivity contribution in [1.82, 2.24) is 9.55 Å². The molecule has 0 aromatic carbocycles. The molecule has 0 spiro atoms. The lowest BCUT2D eigenvalue weighted by Gasteiger charge is -2.19. The quantitative estimate of drug-likeness (QED) is 0.776. The molecule has 4 heteroatoms. The van der Waals surface area contributed by atoms with E-state index in [0.29, 0.717) is 5.49 Å². The van der Waals surface area contributed by atoms with Gasteiger partial charge in [0.05, 0.1) is 11.1 Å². The minimum absolute atomic E-state index is 0.0937. The molecule has 1 unspecified atom stereocenters. The standard InChI is InChI=1S/C14H16ClN3/c15-11-6-4-10(5-7-11)12-9-13(16)18-8-2-1-3-14(18)17-12/h4-6,9,11,16H,1-3,7-8H2. The molecule has 1 atom stereocenters. The molecule has 1 aromatic rings. The molecule has 1 aliphatic carbocycles. The van der Waals surface area contributed by atoms with Crippen molar-refractivity contribution in [3.8, 4) is 0 Å². The van der Waals surface area contributed by atoms with Crippen LogP contribution >= 0.6 is 11.6 Å². The Balaban J connectivity index is 2.02. The SMILES string of the molecule is N=c1cc(C2=CCC(Cl)C=C2)nc2n1CCCC2. The van der Waals surface area contributed by atoms with Gasteiger partial charge in [-0.3, -0.25) is 5.41 Å². The monoisotopic (exact) mass is 261 g/mol. The van der Waals surface area contributed by atoms with Crippen molar-refractivity contribution in [2.24, 2.45) is 0 Å². The summed E-state index contributed by atoms with van der Waals surface area (Å²) in [4.78, 5) is 4.70. The molecule has 1 aliphatic heterocycles. The summed E-state index contributed by atoms with van der Waals surface area (Å²) in [7, 11) is 0. The van der Waals surface area contributed by atoms with Crippen molar-refractivity contribution >= 4 is 17.2 Å². The maximum atomic E-state index is 8.09. The Hall–Kier alpha value is -1.35. The third-order valence-electron chi connectivity index (χ3n) is 3.50. The number of fused-ring (bicyclic) bond motifs is 1. The molecule has 0 saturated carbocycles. The lowest BCUT2D eigenvalue weighted by Crippen LogP contribution is -2.28. The summed E-state index contributed by atoms with van der Waals surface area (Å²) in [6, 6.07) is 1.86. The third kappa shape index (κ3) is 2.15. The Morgan fingerprint density at radius 1 is 1.39 bits per heavy atom. The first kappa shape index (κ1) is 11.7. The number of hydrogen-bond donors (Lipinski definition) is 1. The molecule has 1 aromatic heterocycles. The highest BCUT2D eigenvalue weighted by Crippen LogP contribution is 2.22. The van der Waals surface area contributed by atoms with E-state index in [4.69, 9.17) is 22.0 Å². The third-order valence-corrected chi connectivity index (χ3v) is 3.82. The highest BCUT2D eigenvalue weighted by molar-refractivity contribution is 6.22. The van der Waals surface area contributed by atoms with E-state index < -0.39 is 0 Å². The summed E-state index contributed by atoms with van der Waals surface area (Å²) in [6.07, 6.45) is 10.3. The molecule has 0 radical (unpaired) electrons. The van der Waals surface area contributed by atoms with Gasteiger partial charge >= 0.3 is 0 Å². The molecule has 2 heterocycles. The molecule has 0 fully saturated rings. The van der Waals surface area contributed by atoms with Crippen LogP contribution in [-0.4, -0.2) is 14.9 Å². The molecule has 18 heavy (non-hydrogen) atoms. The summed E-state index contributed by atoms with van der Waals surface area (Å²) in [5, 5.41) is 8.19. The summed E-state index contributed by atoms with van der Waals surface area (Å²) in [5.74, 6) is 1.05. The summed E-state index contributed by atoms with van der Waals surface area (Å²) >= 11 is 6.02. The van der Waals surface area contributed by atoms with Gasteiger partial charge in [-0.2, -0.15) is 0 Å². The van der Waals surface area contributed by atoms with Gasteiger partial charge in [0, 0.05) is 19.0 Å². The average molecular weight is 262 g/mol. The number of aromatic nitrogens is 2. The number of nitrogens with zero attached hydrogens (tertiary/aromatic N) is 2. The predicted octanol–water partition coefficient (Wildman–Crippen LogP) is 2.65. The Morgan fingerprint density at radius 3 is 3.06 bits per heavy atom. The van der Waals surface area contributed by atoms with E-state index in [2.05, 4.69) is 6.08 Å². The van der Waals surface area contributed by atoms with Crippen LogP contribution in [0.4, 0.5) is 0 Å². The average Bonchev–Trinajstić information content (AvgIpc) is 2.39. The normalized spacial score (nSPS) is 22.5. The molecule has 0 amide bonds. The zero-order valence-corrected chi connectivity index (χ0v) is 11.0. The lowest BCUT2D eigenvalue weighted by molar-refractivity contribution is 0.487. The summed E-state index contributed by atoms with van der Waals surface area (Å²) < 4.78 is 2.02. The zero-order chi connectivity index (χ0) is 12.5. The second-order valence-electron chi connectivity index (χ2n) is 4.82. The van der Waals surface area contributed by atoms with Crippen molar-refractivity contribution in [2.75, 3.05) is 0 Å². The van der Waals surface area contributed by atoms with Gasteiger partial charge < -0.3 is 4.57 Å². The van der Waals surface area contributed by atoms with Crippen LogP contribution in [0.25, 0.3) is 5.57 Å². The van der Waals surface area contributed by atoms with E-state index in [1.165, 1.54) is 6.42 Å². The van der Waals surface area contributed by atoms with Crippen molar-refractivity contribution in [2.45, 2.75) is 37.6 Å². The van der Waals surface area contributed by atoms with Crippen molar-refractivity contribution in [1.29, 1.82) is 5.41 Å². The molecule has 2 aliphatic rings. The van der Waals surface area contributed by atoms with Crippen molar-refractivity contribution in [3.05, 3.63) is 41.3 Å². The van der Waals surface area contributed by atoms with E-state index in [9.17, 15) is 0 Å². The minimum Gasteiger partial charge on any atom is -0.315 e. The van der Waals surface area contributed by atoms with Crippen LogP contribution in [0.3, 0.4) is 0 Å². The topological polar surface area (TPSA) is 41.7 Å². The molecule has 0 saturated heterocycles. The number of nitrogens with one attached hydrogen (secondary N) is 1. The lowest BCUT2D eigenvalue weighted by atomic mass is 10.0. The number of rotatable bonds is 1. The van der Waals surface area contributed by atoms with Gasteiger partial charge in [0.25, 0.3) is 0 Å². The Bertz CT molecular complexity index is 583. The maximum absolute atomic E-state index is 8.09. The fourth-order valence-corrected chi connectivity index (χ4v) is 2.67. The highest BCUT2D eigenvalue weighted by atomic mass is 35.5. The first-order chi connectivity index (χ1) is 8.74. The fraction of sp³-hybridized carbons (Fsp3) is 0.429. The number of allylic oxidation sites excluding steroid dienone is 4. The van der Waals surface area contributed by atoms with E-state index >= 15 is 0 Å². The smallest absolute Gasteiger partial charge is 0.128 e. The predicted molar refractivity (Wildman–Crippen MR) is 72.4 cm³/mol. The van der Waals surface area contributed by atoms with Gasteiger partial charge in [-0.1, -0.05) is 18.2 Å². The van der Waals surface area contributed by atoms with Gasteiger partial charge in [0.1, 0.15) is 11.3 Å². The first-order valence-electron chi connectivity index (χ1n) is 6.42. The van der Waals surface area contributed by atoms with Gasteiger partial charge in [-0.05, 0) is 24.8 Å². The second-order valence-corrected chi connectivity index (χ2v) is 5.38. The molecular weight excluding hydrogens is 246 g/mol. The van der Waals surface area contributed by atoms with Crippen LogP contribution < -0.4 is 5.49 Å². The molecule has 94 valence electrons. The van der Waals surface area contributed by atoms with Crippen LogP contribution in [0.2, 0.25) is 0 Å². The van der Waals surface area contributed by atoms with Gasteiger partial charge in [0.2, 0.25) is 0 Å². The second kappa shape index (κ2) is 4.73. The number of alkyl halides is 1. The van der Waals surface area contributed by atoms with Crippen molar-refractivity contribution in [3.63, 3.8) is 0 Å². The summed E-state index contributed by atoms with van der Waals surface area (Å²) in [5.41, 5.74) is 2.57. The highest BCUT2D eigenvalue weighted by Gasteiger charge is 2.14. The molecule has 1 N–H and O–H groups in total.